The summed E-state index contributed by atoms with van der Waals surface area (Å²) in [4.78, 5) is 12.2. The number of aromatic nitrogens is 2. The van der Waals surface area contributed by atoms with Crippen molar-refractivity contribution in [3.63, 3.8) is 0 Å². The monoisotopic (exact) mass is 326 g/mol. The predicted octanol–water partition coefficient (Wildman–Crippen LogP) is 2.21. The van der Waals surface area contributed by atoms with Crippen molar-refractivity contribution in [3.05, 3.63) is 41.2 Å². The lowest BCUT2D eigenvalue weighted by Crippen LogP contribution is -2.25. The summed E-state index contributed by atoms with van der Waals surface area (Å²) in [6, 6.07) is 4.92. The zero-order valence-corrected chi connectivity index (χ0v) is 11.8. The Morgan fingerprint density at radius 3 is 2.70 bits per heavy atom. The molecule has 3 N–H and O–H groups in total. The Balaban J connectivity index is 1.69. The topological polar surface area (TPSA) is 79.0 Å². The fourth-order valence-electron chi connectivity index (χ4n) is 2.34. The van der Waals surface area contributed by atoms with E-state index in [4.69, 9.17) is 0 Å². The number of aromatic amines is 1. The number of carbonyl (C=O) groups is 1. The summed E-state index contributed by atoms with van der Waals surface area (Å²) in [6.45, 7) is 1.36. The second-order valence-electron chi connectivity index (χ2n) is 4.98. The maximum atomic E-state index is 12.2. The van der Waals surface area contributed by atoms with Crippen molar-refractivity contribution in [2.75, 3.05) is 11.9 Å². The molecule has 3 rings (SSSR count). The standard InChI is InChI=1S/C14H13F3N4O2/c15-14(16,17)23-9-3-1-8(2-4-9)19-13(22)12-10-7-18-6-5-11(10)20-21-12/h1-4,18H,5-7H2,(H,19,22)(H,20,21). The highest BCUT2D eigenvalue weighted by Crippen LogP contribution is 2.24. The highest BCUT2D eigenvalue weighted by molar-refractivity contribution is 6.04. The number of anilines is 1. The maximum absolute atomic E-state index is 12.2. The van der Waals surface area contributed by atoms with E-state index in [1.54, 1.807) is 0 Å². The highest BCUT2D eigenvalue weighted by atomic mass is 19.4. The summed E-state index contributed by atoms with van der Waals surface area (Å²) in [5.74, 6) is -0.771. The third-order valence-corrected chi connectivity index (χ3v) is 3.37. The molecule has 122 valence electrons. The van der Waals surface area contributed by atoms with E-state index in [0.717, 1.165) is 36.4 Å². The van der Waals surface area contributed by atoms with Gasteiger partial charge in [0.15, 0.2) is 5.69 Å². The number of halogens is 3. The molecule has 2 heterocycles. The normalized spacial score (nSPS) is 14.2. The zero-order chi connectivity index (χ0) is 16.4. The molecular formula is C14H13F3N4O2. The summed E-state index contributed by atoms with van der Waals surface area (Å²) in [5.41, 5.74) is 2.36. The molecule has 9 heteroatoms. The predicted molar refractivity (Wildman–Crippen MR) is 75.1 cm³/mol. The molecule has 1 aliphatic rings. The van der Waals surface area contributed by atoms with Gasteiger partial charge in [-0.25, -0.2) is 0 Å². The number of nitrogens with one attached hydrogen (secondary N) is 3. The van der Waals surface area contributed by atoms with Gasteiger partial charge in [-0.2, -0.15) is 5.10 Å². The summed E-state index contributed by atoms with van der Waals surface area (Å²) < 4.78 is 40.0. The number of hydrogen-bond acceptors (Lipinski definition) is 4. The highest BCUT2D eigenvalue weighted by Gasteiger charge is 2.31. The molecule has 0 spiro atoms. The Labute approximate surface area is 129 Å². The minimum absolute atomic E-state index is 0.280. The molecule has 23 heavy (non-hydrogen) atoms. The Hall–Kier alpha value is -2.55. The number of H-pyrrole nitrogens is 1. The van der Waals surface area contributed by atoms with E-state index < -0.39 is 12.3 Å². The minimum Gasteiger partial charge on any atom is -0.406 e. The van der Waals surface area contributed by atoms with Crippen LogP contribution >= 0.6 is 0 Å². The van der Waals surface area contributed by atoms with Gasteiger partial charge in [0.05, 0.1) is 0 Å². The van der Waals surface area contributed by atoms with E-state index in [2.05, 4.69) is 25.6 Å². The Morgan fingerprint density at radius 2 is 2.00 bits per heavy atom. The first kappa shape index (κ1) is 15.3. The minimum atomic E-state index is -4.74. The van der Waals surface area contributed by atoms with E-state index in [1.807, 2.05) is 0 Å². The molecule has 1 aromatic heterocycles. The van der Waals surface area contributed by atoms with Crippen LogP contribution in [0, 0.1) is 0 Å². The van der Waals surface area contributed by atoms with Gasteiger partial charge >= 0.3 is 6.36 Å². The van der Waals surface area contributed by atoms with Gasteiger partial charge in [-0.15, -0.1) is 13.2 Å². The molecule has 0 radical (unpaired) electrons. The molecule has 0 saturated heterocycles. The van der Waals surface area contributed by atoms with Gasteiger partial charge in [-0.05, 0) is 24.3 Å². The number of fused-ring (bicyclic) bond motifs is 1. The second-order valence-corrected chi connectivity index (χ2v) is 4.98. The number of hydrogen-bond donors (Lipinski definition) is 3. The van der Waals surface area contributed by atoms with E-state index in [0.29, 0.717) is 12.2 Å². The smallest absolute Gasteiger partial charge is 0.406 e. The number of carbonyl (C=O) groups excluding carboxylic acids is 1. The molecule has 6 nitrogen and oxygen atoms in total. The Morgan fingerprint density at radius 1 is 1.26 bits per heavy atom. The van der Waals surface area contributed by atoms with Crippen LogP contribution in [0.2, 0.25) is 0 Å². The molecule has 1 aromatic carbocycles. The Kier molecular flexibility index (Phi) is 3.95. The van der Waals surface area contributed by atoms with Crippen LogP contribution in [-0.2, 0) is 13.0 Å². The van der Waals surface area contributed by atoms with Gasteiger partial charge in [-0.3, -0.25) is 9.89 Å². The summed E-state index contributed by atoms with van der Waals surface area (Å²) in [7, 11) is 0. The van der Waals surface area contributed by atoms with Crippen molar-refractivity contribution in [2.24, 2.45) is 0 Å². The zero-order valence-electron chi connectivity index (χ0n) is 11.8. The van der Waals surface area contributed by atoms with E-state index in [-0.39, 0.29) is 11.4 Å². The molecule has 2 aromatic rings. The van der Waals surface area contributed by atoms with Gasteiger partial charge < -0.3 is 15.4 Å². The third kappa shape index (κ3) is 3.62. The van der Waals surface area contributed by atoms with E-state index in [1.165, 1.54) is 12.1 Å². The van der Waals surface area contributed by atoms with Gasteiger partial charge in [-0.1, -0.05) is 0 Å². The number of rotatable bonds is 3. The molecular weight excluding hydrogens is 313 g/mol. The van der Waals surface area contributed by atoms with E-state index >= 15 is 0 Å². The number of alkyl halides is 3. The first-order valence-corrected chi connectivity index (χ1v) is 6.86. The SMILES string of the molecule is O=C(Nc1ccc(OC(F)(F)F)cc1)c1n[nH]c2c1CNCC2. The van der Waals surface area contributed by atoms with Gasteiger partial charge in [0.1, 0.15) is 5.75 Å². The van der Waals surface area contributed by atoms with Crippen molar-refractivity contribution in [1.29, 1.82) is 0 Å². The molecule has 1 amide bonds. The average Bonchev–Trinajstić information content (AvgIpc) is 2.92. The molecule has 0 bridgehead atoms. The first-order valence-electron chi connectivity index (χ1n) is 6.86. The first-order chi connectivity index (χ1) is 10.9. The number of amides is 1. The van der Waals surface area contributed by atoms with Crippen LogP contribution in [0.25, 0.3) is 0 Å². The maximum Gasteiger partial charge on any atom is 0.573 e. The molecule has 0 fully saturated rings. The van der Waals surface area contributed by atoms with Crippen LogP contribution in [0.15, 0.2) is 24.3 Å². The summed E-state index contributed by atoms with van der Waals surface area (Å²) in [6.07, 6.45) is -3.98. The number of benzene rings is 1. The van der Waals surface area contributed by atoms with Crippen molar-refractivity contribution >= 4 is 11.6 Å². The van der Waals surface area contributed by atoms with Crippen molar-refractivity contribution in [3.8, 4) is 5.75 Å². The fraction of sp³-hybridized carbons (Fsp3) is 0.286. The Bertz CT molecular complexity index is 710. The molecule has 0 saturated carbocycles. The van der Waals surface area contributed by atoms with Crippen LogP contribution in [0.4, 0.5) is 18.9 Å². The lowest BCUT2D eigenvalue weighted by atomic mass is 10.1. The van der Waals surface area contributed by atoms with Crippen molar-refractivity contribution < 1.29 is 22.7 Å². The summed E-state index contributed by atoms with van der Waals surface area (Å²) in [5, 5.41) is 12.6. The van der Waals surface area contributed by atoms with Gasteiger partial charge in [0.25, 0.3) is 5.91 Å². The largest absolute Gasteiger partial charge is 0.573 e. The summed E-state index contributed by atoms with van der Waals surface area (Å²) >= 11 is 0. The number of ether oxygens (including phenoxy) is 1. The molecule has 0 unspecified atom stereocenters. The van der Waals surface area contributed by atoms with Crippen molar-refractivity contribution in [2.45, 2.75) is 19.3 Å². The second kappa shape index (κ2) is 5.92. The molecule has 0 atom stereocenters. The van der Waals surface area contributed by atoms with Gasteiger partial charge in [0, 0.05) is 36.5 Å². The lowest BCUT2D eigenvalue weighted by Gasteiger charge is -2.13. The van der Waals surface area contributed by atoms with Gasteiger partial charge in [0.2, 0.25) is 0 Å². The van der Waals surface area contributed by atoms with Crippen LogP contribution in [-0.4, -0.2) is 29.0 Å². The lowest BCUT2D eigenvalue weighted by molar-refractivity contribution is -0.274. The van der Waals surface area contributed by atoms with Crippen molar-refractivity contribution in [1.82, 2.24) is 15.5 Å². The third-order valence-electron chi connectivity index (χ3n) is 3.37. The van der Waals surface area contributed by atoms with Crippen LogP contribution < -0.4 is 15.4 Å². The van der Waals surface area contributed by atoms with Crippen LogP contribution in [0.1, 0.15) is 21.7 Å². The molecule has 0 aliphatic carbocycles. The quantitative estimate of drug-likeness (QED) is 0.808. The fourth-order valence-corrected chi connectivity index (χ4v) is 2.34. The number of nitrogens with zero attached hydrogens (tertiary/aromatic N) is 1. The van der Waals surface area contributed by atoms with Crippen LogP contribution in [0.5, 0.6) is 5.75 Å². The average molecular weight is 326 g/mol. The van der Waals surface area contributed by atoms with Crippen LogP contribution in [0.3, 0.4) is 0 Å². The van der Waals surface area contributed by atoms with E-state index in [9.17, 15) is 18.0 Å². The molecule has 1 aliphatic heterocycles.